The Kier molecular flexibility index (Phi) is 8.97. The molecule has 35 heavy (non-hydrogen) atoms. The molecule has 2 saturated carbocycles. The lowest BCUT2D eigenvalue weighted by Crippen LogP contribution is -2.53. The first-order chi connectivity index (χ1) is 17.3. The topological polar surface area (TPSA) is 70.2 Å². The number of fused-ring (bicyclic) bond motifs is 4. The van der Waals surface area contributed by atoms with Gasteiger partial charge in [0.15, 0.2) is 0 Å². The maximum atomic E-state index is 5.44. The van der Waals surface area contributed by atoms with Crippen LogP contribution < -0.4 is 26.0 Å². The molecular weight excluding hydrogens is 454 g/mol. The molecule has 4 atom stereocenters. The van der Waals surface area contributed by atoms with E-state index in [1.54, 1.807) is 18.9 Å². The predicted molar refractivity (Wildman–Crippen MR) is 143 cm³/mol. The van der Waals surface area contributed by atoms with Crippen molar-refractivity contribution in [2.45, 2.75) is 98.4 Å². The highest BCUT2D eigenvalue weighted by molar-refractivity contribution is 7.99. The average molecular weight is 496 g/mol. The van der Waals surface area contributed by atoms with E-state index in [0.29, 0.717) is 24.2 Å². The molecule has 2 fully saturated rings. The second-order valence-electron chi connectivity index (χ2n) is 10.2. The number of nitrogens with zero attached hydrogens (tertiary/aromatic N) is 1. The van der Waals surface area contributed by atoms with Gasteiger partial charge in [-0.1, -0.05) is 43.5 Å². The van der Waals surface area contributed by atoms with Gasteiger partial charge < -0.3 is 26.0 Å². The molecular formula is C28H41N5OS. The van der Waals surface area contributed by atoms with Crippen molar-refractivity contribution in [3.05, 3.63) is 47.8 Å². The van der Waals surface area contributed by atoms with E-state index < -0.39 is 0 Å². The summed E-state index contributed by atoms with van der Waals surface area (Å²) < 4.78 is 5.44. The van der Waals surface area contributed by atoms with Crippen LogP contribution in [0.4, 0.5) is 0 Å². The third kappa shape index (κ3) is 6.98. The summed E-state index contributed by atoms with van der Waals surface area (Å²) in [5, 5.41) is 15.5. The van der Waals surface area contributed by atoms with Gasteiger partial charge in [-0.2, -0.15) is 0 Å². The zero-order chi connectivity index (χ0) is 23.9. The number of benzene rings is 1. The van der Waals surface area contributed by atoms with Crippen molar-refractivity contribution in [1.82, 2.24) is 26.3 Å². The van der Waals surface area contributed by atoms with E-state index in [9.17, 15) is 0 Å². The Labute approximate surface area is 214 Å². The van der Waals surface area contributed by atoms with Crippen molar-refractivity contribution in [1.29, 1.82) is 0 Å². The van der Waals surface area contributed by atoms with Gasteiger partial charge in [0, 0.05) is 60.1 Å². The Bertz CT molecular complexity index is 908. The molecule has 5 rings (SSSR count). The van der Waals surface area contributed by atoms with Gasteiger partial charge in [0.1, 0.15) is 5.75 Å². The fourth-order valence-corrected chi connectivity index (χ4v) is 6.87. The number of hydrogen-bond donors (Lipinski definition) is 4. The van der Waals surface area contributed by atoms with E-state index in [4.69, 9.17) is 9.72 Å². The van der Waals surface area contributed by atoms with Gasteiger partial charge in [-0.3, -0.25) is 4.98 Å². The standard InChI is InChI=1S/C28H41N5OS/c1-34-22-7-6-8-23(17-22)35-24-15-20-18-31-27-11-4-2-9-25(27)29-13-14-30-26-10-3-5-12-28(26)32-19-21(16-24)33-20/h6-8,15-17,25-32H,2-5,9-14,18-19H2,1H3/t25-,26-,27-,28-/m1/s1. The number of methoxy groups -OCH3 is 1. The molecule has 7 heteroatoms. The minimum atomic E-state index is 0.509. The van der Waals surface area contributed by atoms with Crippen LogP contribution in [0.15, 0.2) is 46.2 Å². The van der Waals surface area contributed by atoms with Gasteiger partial charge in [0.05, 0.1) is 18.5 Å². The molecule has 0 unspecified atom stereocenters. The zero-order valence-electron chi connectivity index (χ0n) is 21.0. The Morgan fingerprint density at radius 3 is 1.80 bits per heavy atom. The fourth-order valence-electron chi connectivity index (χ4n) is 5.89. The lowest BCUT2D eigenvalue weighted by molar-refractivity contribution is 0.266. The third-order valence-corrected chi connectivity index (χ3v) is 8.70. The summed E-state index contributed by atoms with van der Waals surface area (Å²) in [6, 6.07) is 14.9. The molecule has 1 aliphatic heterocycles. The number of rotatable bonds is 3. The van der Waals surface area contributed by atoms with Crippen LogP contribution >= 0.6 is 11.8 Å². The van der Waals surface area contributed by atoms with Crippen LogP contribution in [-0.2, 0) is 13.1 Å². The molecule has 0 saturated heterocycles. The Morgan fingerprint density at radius 1 is 0.714 bits per heavy atom. The van der Waals surface area contributed by atoms with E-state index in [0.717, 1.165) is 43.3 Å². The molecule has 1 aromatic carbocycles. The highest BCUT2D eigenvalue weighted by Gasteiger charge is 2.27. The Morgan fingerprint density at radius 2 is 1.26 bits per heavy atom. The smallest absolute Gasteiger partial charge is 0.119 e. The molecule has 2 aliphatic carbocycles. The van der Waals surface area contributed by atoms with Crippen molar-refractivity contribution in [2.24, 2.45) is 0 Å². The number of hydrogen-bond acceptors (Lipinski definition) is 7. The number of pyridine rings is 1. The van der Waals surface area contributed by atoms with Gasteiger partial charge in [-0.05, 0) is 56.0 Å². The minimum Gasteiger partial charge on any atom is -0.497 e. The van der Waals surface area contributed by atoms with Crippen LogP contribution in [0.2, 0.25) is 0 Å². The SMILES string of the molecule is COc1cccc(Sc2cc3nc(c2)CN[C@@H]2CCCC[C@H]2NCCN[C@@H]2CCCC[C@H]2NC3)c1. The van der Waals surface area contributed by atoms with Gasteiger partial charge in [-0.15, -0.1) is 0 Å². The van der Waals surface area contributed by atoms with Crippen molar-refractivity contribution in [3.8, 4) is 5.75 Å². The molecule has 2 bridgehead atoms. The molecule has 3 aliphatic rings. The summed E-state index contributed by atoms with van der Waals surface area (Å²) in [6.45, 7) is 3.71. The summed E-state index contributed by atoms with van der Waals surface area (Å²) in [7, 11) is 1.72. The number of nitrogens with one attached hydrogen (secondary N) is 4. The first-order valence-corrected chi connectivity index (χ1v) is 14.3. The zero-order valence-corrected chi connectivity index (χ0v) is 21.8. The van der Waals surface area contributed by atoms with Crippen LogP contribution in [0.5, 0.6) is 5.75 Å². The average Bonchev–Trinajstić information content (AvgIpc) is 2.90. The molecule has 4 N–H and O–H groups in total. The van der Waals surface area contributed by atoms with Crippen LogP contribution in [0.3, 0.4) is 0 Å². The normalized spacial score (nSPS) is 28.1. The predicted octanol–water partition coefficient (Wildman–Crippen LogP) is 4.24. The van der Waals surface area contributed by atoms with E-state index in [-0.39, 0.29) is 0 Å². The van der Waals surface area contributed by atoms with Crippen molar-refractivity contribution >= 4 is 11.8 Å². The van der Waals surface area contributed by atoms with Crippen molar-refractivity contribution in [2.75, 3.05) is 20.2 Å². The second-order valence-corrected chi connectivity index (χ2v) is 11.4. The first kappa shape index (κ1) is 25.0. The summed E-state index contributed by atoms with van der Waals surface area (Å²) in [4.78, 5) is 7.52. The Hall–Kier alpha value is -1.64. The Balaban J connectivity index is 1.38. The summed E-state index contributed by atoms with van der Waals surface area (Å²) in [5.74, 6) is 0.894. The lowest BCUT2D eigenvalue weighted by atomic mass is 9.89. The quantitative estimate of drug-likeness (QED) is 0.508. The molecule has 2 aromatic rings. The number of ether oxygens (including phenoxy) is 1. The molecule has 190 valence electrons. The van der Waals surface area contributed by atoms with Crippen molar-refractivity contribution < 1.29 is 4.74 Å². The van der Waals surface area contributed by atoms with Crippen LogP contribution in [0.25, 0.3) is 0 Å². The first-order valence-electron chi connectivity index (χ1n) is 13.5. The monoisotopic (exact) mass is 495 g/mol. The molecule has 1 aromatic heterocycles. The number of aromatic nitrogens is 1. The van der Waals surface area contributed by atoms with Gasteiger partial charge in [0.25, 0.3) is 0 Å². The van der Waals surface area contributed by atoms with Crippen LogP contribution in [-0.4, -0.2) is 49.4 Å². The maximum Gasteiger partial charge on any atom is 0.119 e. The molecule has 0 spiro atoms. The second kappa shape index (κ2) is 12.5. The van der Waals surface area contributed by atoms with Gasteiger partial charge in [0.2, 0.25) is 0 Å². The fraction of sp³-hybridized carbons (Fsp3) is 0.607. The third-order valence-electron chi connectivity index (χ3n) is 7.74. The van der Waals surface area contributed by atoms with E-state index in [2.05, 4.69) is 51.6 Å². The van der Waals surface area contributed by atoms with Crippen LogP contribution in [0, 0.1) is 0 Å². The molecule has 6 nitrogen and oxygen atoms in total. The largest absolute Gasteiger partial charge is 0.497 e. The van der Waals surface area contributed by atoms with Crippen molar-refractivity contribution in [3.63, 3.8) is 0 Å². The van der Waals surface area contributed by atoms with E-state index in [1.807, 2.05) is 6.07 Å². The van der Waals surface area contributed by atoms with Crippen LogP contribution in [0.1, 0.15) is 62.8 Å². The molecule has 2 heterocycles. The molecule has 0 radical (unpaired) electrons. The van der Waals surface area contributed by atoms with Gasteiger partial charge >= 0.3 is 0 Å². The summed E-state index contributed by atoms with van der Waals surface area (Å²) >= 11 is 1.79. The maximum absolute atomic E-state index is 5.44. The van der Waals surface area contributed by atoms with E-state index >= 15 is 0 Å². The summed E-state index contributed by atoms with van der Waals surface area (Å²) in [5.41, 5.74) is 2.26. The molecule has 0 amide bonds. The highest BCUT2D eigenvalue weighted by Crippen LogP contribution is 2.31. The minimum absolute atomic E-state index is 0.509. The van der Waals surface area contributed by atoms with Gasteiger partial charge in [-0.25, -0.2) is 0 Å². The lowest BCUT2D eigenvalue weighted by Gasteiger charge is -2.34. The highest BCUT2D eigenvalue weighted by atomic mass is 32.2. The summed E-state index contributed by atoms with van der Waals surface area (Å²) in [6.07, 6.45) is 10.3. The van der Waals surface area contributed by atoms with E-state index in [1.165, 1.54) is 61.2 Å².